The molecule has 5 rings (SSSR count). The van der Waals surface area contributed by atoms with E-state index >= 15 is 0 Å². The highest BCUT2D eigenvalue weighted by molar-refractivity contribution is 5.89. The van der Waals surface area contributed by atoms with Crippen LogP contribution >= 0.6 is 0 Å². The van der Waals surface area contributed by atoms with Crippen molar-refractivity contribution in [2.24, 2.45) is 5.41 Å². The second kappa shape index (κ2) is 10.1. The fourth-order valence-corrected chi connectivity index (χ4v) is 5.19. The number of aromatic carboxylic acids is 1. The molecule has 1 aliphatic heterocycles. The number of carbonyl (C=O) groups is 1. The van der Waals surface area contributed by atoms with Crippen LogP contribution in [0.25, 0.3) is 33.3 Å². The van der Waals surface area contributed by atoms with Crippen molar-refractivity contribution in [2.45, 2.75) is 39.7 Å². The van der Waals surface area contributed by atoms with Gasteiger partial charge >= 0.3 is 5.97 Å². The molecule has 38 heavy (non-hydrogen) atoms. The van der Waals surface area contributed by atoms with Crippen LogP contribution in [-0.2, 0) is 11.2 Å². The quantitative estimate of drug-likeness (QED) is 0.306. The molecule has 196 valence electrons. The molecule has 4 aromatic rings. The van der Waals surface area contributed by atoms with E-state index in [1.54, 1.807) is 7.11 Å². The summed E-state index contributed by atoms with van der Waals surface area (Å²) < 4.78 is 13.5. The molecule has 7 nitrogen and oxygen atoms in total. The number of methoxy groups -OCH3 is 1. The van der Waals surface area contributed by atoms with Gasteiger partial charge in [0.25, 0.3) is 0 Å². The fourth-order valence-electron chi connectivity index (χ4n) is 5.19. The van der Waals surface area contributed by atoms with E-state index in [2.05, 4.69) is 44.0 Å². The first kappa shape index (κ1) is 25.7. The first-order chi connectivity index (χ1) is 18.2. The minimum Gasteiger partial charge on any atom is -0.493 e. The molecule has 0 fully saturated rings. The zero-order chi connectivity index (χ0) is 27.0. The molecule has 1 N–H and O–H groups in total. The summed E-state index contributed by atoms with van der Waals surface area (Å²) in [6.45, 7) is 7.49. The van der Waals surface area contributed by atoms with E-state index in [0.717, 1.165) is 45.3 Å². The van der Waals surface area contributed by atoms with Gasteiger partial charge in [0.15, 0.2) is 5.43 Å². The molecule has 0 amide bonds. The van der Waals surface area contributed by atoms with E-state index < -0.39 is 11.4 Å². The number of hydrogen-bond donors (Lipinski definition) is 1. The monoisotopic (exact) mass is 512 g/mol. The van der Waals surface area contributed by atoms with Gasteiger partial charge in [0.2, 0.25) is 0 Å². The Morgan fingerprint density at radius 3 is 2.63 bits per heavy atom. The average molecular weight is 513 g/mol. The highest BCUT2D eigenvalue weighted by atomic mass is 16.5. The van der Waals surface area contributed by atoms with Gasteiger partial charge in [0.05, 0.1) is 17.8 Å². The lowest BCUT2D eigenvalue weighted by molar-refractivity contribution is 0.0693. The van der Waals surface area contributed by atoms with Gasteiger partial charge < -0.3 is 19.1 Å². The molecule has 0 radical (unpaired) electrons. The normalized spacial score (nSPS) is 14.7. The summed E-state index contributed by atoms with van der Waals surface area (Å²) in [6, 6.07) is 15.6. The maximum Gasteiger partial charge on any atom is 0.341 e. The molecular weight excluding hydrogens is 480 g/mol. The summed E-state index contributed by atoms with van der Waals surface area (Å²) in [5.74, 6) is -0.464. The number of pyridine rings is 2. The van der Waals surface area contributed by atoms with Crippen molar-refractivity contribution in [3.8, 4) is 28.1 Å². The Hall–Kier alpha value is -3.97. The van der Waals surface area contributed by atoms with Crippen LogP contribution in [0, 0.1) is 5.41 Å². The number of hydrogen-bond acceptors (Lipinski definition) is 5. The summed E-state index contributed by atoms with van der Waals surface area (Å²) in [5, 5.41) is 10.7. The summed E-state index contributed by atoms with van der Waals surface area (Å²) >= 11 is 0. The van der Waals surface area contributed by atoms with Crippen LogP contribution in [-0.4, -0.2) is 41.0 Å². The molecule has 7 heteroatoms. The lowest BCUT2D eigenvalue weighted by atomic mass is 9.78. The molecule has 2 aromatic heterocycles. The van der Waals surface area contributed by atoms with E-state index in [-0.39, 0.29) is 17.0 Å². The summed E-state index contributed by atoms with van der Waals surface area (Å²) in [4.78, 5) is 29.3. The van der Waals surface area contributed by atoms with Crippen molar-refractivity contribution in [1.82, 2.24) is 9.55 Å². The van der Waals surface area contributed by atoms with Crippen molar-refractivity contribution in [3.05, 3.63) is 82.3 Å². The topological polar surface area (TPSA) is 90.7 Å². The highest BCUT2D eigenvalue weighted by Crippen LogP contribution is 2.46. The Morgan fingerprint density at radius 1 is 1.11 bits per heavy atom. The summed E-state index contributed by atoms with van der Waals surface area (Å²) in [5.41, 5.74) is 4.44. The fraction of sp³-hybridized carbons (Fsp3) is 0.323. The van der Waals surface area contributed by atoms with Crippen LogP contribution in [0.3, 0.4) is 0 Å². The van der Waals surface area contributed by atoms with Crippen molar-refractivity contribution >= 4 is 16.9 Å². The number of ether oxygens (including phenoxy) is 2. The van der Waals surface area contributed by atoms with Gasteiger partial charge in [-0.05, 0) is 41.7 Å². The van der Waals surface area contributed by atoms with Gasteiger partial charge in [-0.15, -0.1) is 0 Å². The largest absolute Gasteiger partial charge is 0.493 e. The second-order valence-corrected chi connectivity index (χ2v) is 10.9. The molecule has 1 atom stereocenters. The number of fused-ring (bicyclic) bond motifs is 4. The second-order valence-electron chi connectivity index (χ2n) is 10.9. The number of carboxylic acids is 1. The van der Waals surface area contributed by atoms with Crippen molar-refractivity contribution in [3.63, 3.8) is 0 Å². The molecule has 3 heterocycles. The lowest BCUT2D eigenvalue weighted by Crippen LogP contribution is -2.32. The van der Waals surface area contributed by atoms with Crippen molar-refractivity contribution < 1.29 is 19.4 Å². The van der Waals surface area contributed by atoms with E-state index in [1.807, 2.05) is 35.0 Å². The number of benzene rings is 2. The third-order valence-electron chi connectivity index (χ3n) is 7.19. The third-order valence-corrected chi connectivity index (χ3v) is 7.19. The van der Waals surface area contributed by atoms with Crippen LogP contribution in [0.2, 0.25) is 0 Å². The first-order valence-corrected chi connectivity index (χ1v) is 12.8. The van der Waals surface area contributed by atoms with Crippen LogP contribution < -0.4 is 10.2 Å². The number of rotatable bonds is 7. The molecular formula is C31H32N2O5. The Kier molecular flexibility index (Phi) is 6.80. The highest BCUT2D eigenvalue weighted by Gasteiger charge is 2.34. The zero-order valence-corrected chi connectivity index (χ0v) is 22.2. The van der Waals surface area contributed by atoms with E-state index in [1.165, 1.54) is 12.3 Å². The molecule has 2 aromatic carbocycles. The maximum atomic E-state index is 12.8. The standard InChI is InChI=1S/C31H32N2O5/c1-31(2,3)29-14-20-13-28(38-11-7-10-37-4)23(21-12-19-8-5-6-9-25(19)32-17-21)15-22(20)26-16-27(34)24(30(35)36)18-33(26)29/h5-6,8-9,12-13,15-18,29H,7,10-11,14H2,1-4H3,(H,35,36). The van der Waals surface area contributed by atoms with Crippen LogP contribution in [0.1, 0.15) is 49.2 Å². The van der Waals surface area contributed by atoms with Gasteiger partial charge in [-0.2, -0.15) is 0 Å². The Morgan fingerprint density at radius 2 is 1.89 bits per heavy atom. The van der Waals surface area contributed by atoms with Crippen LogP contribution in [0.4, 0.5) is 0 Å². The van der Waals surface area contributed by atoms with Gasteiger partial charge in [0.1, 0.15) is 11.3 Å². The number of nitrogens with zero attached hydrogens (tertiary/aromatic N) is 2. The van der Waals surface area contributed by atoms with Gasteiger partial charge in [-0.25, -0.2) is 4.79 Å². The van der Waals surface area contributed by atoms with Crippen LogP contribution in [0.5, 0.6) is 5.75 Å². The Labute approximate surface area is 221 Å². The minimum atomic E-state index is -1.22. The number of carboxylic acid groups (broad SMARTS) is 1. The SMILES string of the molecule is COCCCOc1cc2c(cc1-c1cnc3ccccc3c1)-c1cc(=O)c(C(=O)O)cn1C(C(C)(C)C)C2. The van der Waals surface area contributed by atoms with Crippen molar-refractivity contribution in [1.29, 1.82) is 0 Å². The van der Waals surface area contributed by atoms with E-state index in [9.17, 15) is 14.7 Å². The molecule has 1 unspecified atom stereocenters. The summed E-state index contributed by atoms with van der Waals surface area (Å²) in [7, 11) is 1.67. The molecule has 0 bridgehead atoms. The van der Waals surface area contributed by atoms with Gasteiger partial charge in [-0.3, -0.25) is 9.78 Å². The molecule has 0 aliphatic carbocycles. The summed E-state index contributed by atoms with van der Waals surface area (Å²) in [6.07, 6.45) is 4.78. The van der Waals surface area contributed by atoms with Crippen molar-refractivity contribution in [2.75, 3.05) is 20.3 Å². The predicted molar refractivity (Wildman–Crippen MR) is 148 cm³/mol. The number of aromatic nitrogens is 2. The minimum absolute atomic E-state index is 0.0433. The maximum absolute atomic E-state index is 12.8. The third kappa shape index (κ3) is 4.82. The Bertz CT molecular complexity index is 1580. The molecule has 0 saturated carbocycles. The first-order valence-electron chi connectivity index (χ1n) is 12.8. The molecule has 0 spiro atoms. The predicted octanol–water partition coefficient (Wildman–Crippen LogP) is 5.99. The van der Waals surface area contributed by atoms with Gasteiger partial charge in [-0.1, -0.05) is 39.0 Å². The van der Waals surface area contributed by atoms with Crippen LogP contribution in [0.15, 0.2) is 65.7 Å². The average Bonchev–Trinajstić information content (AvgIpc) is 2.89. The van der Waals surface area contributed by atoms with E-state index in [4.69, 9.17) is 9.47 Å². The van der Waals surface area contributed by atoms with E-state index in [0.29, 0.717) is 25.3 Å². The smallest absolute Gasteiger partial charge is 0.341 e. The van der Waals surface area contributed by atoms with Gasteiger partial charge in [0, 0.05) is 66.7 Å². The molecule has 1 aliphatic rings. The molecule has 0 saturated heterocycles. The lowest BCUT2D eigenvalue weighted by Gasteiger charge is -2.39. The Balaban J connectivity index is 1.72. The zero-order valence-electron chi connectivity index (χ0n) is 22.2. The number of para-hydroxylation sites is 1.